The Morgan fingerprint density at radius 1 is 1.38 bits per heavy atom. The summed E-state index contributed by atoms with van der Waals surface area (Å²) in [7, 11) is -3.53. The van der Waals surface area contributed by atoms with E-state index in [0.717, 1.165) is 14.9 Å². The summed E-state index contributed by atoms with van der Waals surface area (Å²) in [6.45, 7) is 0. The zero-order chi connectivity index (χ0) is 11.6. The fraction of sp³-hybridized carbons (Fsp3) is 0. The number of sulfonamides is 1. The van der Waals surface area contributed by atoms with Gasteiger partial charge in [-0.3, -0.25) is 4.72 Å². The van der Waals surface area contributed by atoms with E-state index >= 15 is 0 Å². The van der Waals surface area contributed by atoms with E-state index in [-0.39, 0.29) is 4.34 Å². The third-order valence-corrected chi connectivity index (χ3v) is 4.97. The average molecular weight is 366 g/mol. The minimum absolute atomic E-state index is 0.0753. The van der Waals surface area contributed by atoms with Crippen molar-refractivity contribution in [1.82, 2.24) is 4.98 Å². The van der Waals surface area contributed by atoms with E-state index in [1.165, 1.54) is 6.20 Å². The number of nitrogens with one attached hydrogen (secondary N) is 1. The van der Waals surface area contributed by atoms with Crippen LogP contribution in [0.2, 0.25) is 0 Å². The topological polar surface area (TPSA) is 59.1 Å². The minimum Gasteiger partial charge on any atom is -0.278 e. The van der Waals surface area contributed by atoms with Gasteiger partial charge in [0.1, 0.15) is 0 Å². The SMILES string of the molecule is O=S(=O)(Nc1cccc(I)c1)c1nccs1. The molecule has 0 amide bonds. The van der Waals surface area contributed by atoms with Crippen molar-refractivity contribution in [2.45, 2.75) is 4.34 Å². The molecule has 0 fully saturated rings. The van der Waals surface area contributed by atoms with Gasteiger partial charge in [0.2, 0.25) is 4.34 Å². The fourth-order valence-corrected chi connectivity index (χ4v) is 3.52. The number of halogens is 1. The summed E-state index contributed by atoms with van der Waals surface area (Å²) in [5, 5.41) is 1.63. The lowest BCUT2D eigenvalue weighted by Gasteiger charge is -2.05. The van der Waals surface area contributed by atoms with E-state index in [4.69, 9.17) is 0 Å². The van der Waals surface area contributed by atoms with E-state index in [1.807, 2.05) is 6.07 Å². The third-order valence-electron chi connectivity index (χ3n) is 1.72. The molecular weight excluding hydrogens is 359 g/mol. The predicted molar refractivity (Wildman–Crippen MR) is 72.1 cm³/mol. The van der Waals surface area contributed by atoms with Crippen LogP contribution >= 0.6 is 33.9 Å². The molecule has 1 N–H and O–H groups in total. The highest BCUT2D eigenvalue weighted by molar-refractivity contribution is 14.1. The molecular formula is C9H7IN2O2S2. The van der Waals surface area contributed by atoms with Gasteiger partial charge in [0.25, 0.3) is 10.0 Å². The van der Waals surface area contributed by atoms with Gasteiger partial charge in [-0.05, 0) is 40.8 Å². The lowest BCUT2D eigenvalue weighted by atomic mass is 10.3. The first-order valence-corrected chi connectivity index (χ1v) is 7.70. The highest BCUT2D eigenvalue weighted by Gasteiger charge is 2.16. The summed E-state index contributed by atoms with van der Waals surface area (Å²) in [6, 6.07) is 7.14. The number of benzene rings is 1. The molecule has 0 saturated heterocycles. The normalized spacial score (nSPS) is 11.3. The molecule has 0 aliphatic heterocycles. The van der Waals surface area contributed by atoms with Crippen molar-refractivity contribution in [3.8, 4) is 0 Å². The minimum atomic E-state index is -3.53. The van der Waals surface area contributed by atoms with Gasteiger partial charge in [-0.15, -0.1) is 11.3 Å². The van der Waals surface area contributed by atoms with Crippen LogP contribution in [-0.2, 0) is 10.0 Å². The zero-order valence-electron chi connectivity index (χ0n) is 7.92. The van der Waals surface area contributed by atoms with Gasteiger partial charge in [-0.1, -0.05) is 6.07 Å². The van der Waals surface area contributed by atoms with Crippen LogP contribution in [0.15, 0.2) is 40.2 Å². The Morgan fingerprint density at radius 3 is 2.81 bits per heavy atom. The molecule has 4 nitrogen and oxygen atoms in total. The summed E-state index contributed by atoms with van der Waals surface area (Å²) in [6.07, 6.45) is 1.47. The molecule has 0 aliphatic rings. The van der Waals surface area contributed by atoms with Crippen LogP contribution in [0.5, 0.6) is 0 Å². The molecule has 0 unspecified atom stereocenters. The van der Waals surface area contributed by atoms with Crippen LogP contribution in [-0.4, -0.2) is 13.4 Å². The highest BCUT2D eigenvalue weighted by Crippen LogP contribution is 2.19. The first-order valence-electron chi connectivity index (χ1n) is 4.26. The predicted octanol–water partition coefficient (Wildman–Crippen LogP) is 2.55. The Kier molecular flexibility index (Phi) is 3.45. The molecule has 0 radical (unpaired) electrons. The Morgan fingerprint density at radius 2 is 2.19 bits per heavy atom. The maximum atomic E-state index is 11.8. The standard InChI is InChI=1S/C9H7IN2O2S2/c10-7-2-1-3-8(6-7)12-16(13,14)9-11-4-5-15-9/h1-6,12H. The number of hydrogen-bond donors (Lipinski definition) is 1. The number of hydrogen-bond acceptors (Lipinski definition) is 4. The van der Waals surface area contributed by atoms with Gasteiger partial charge < -0.3 is 0 Å². The van der Waals surface area contributed by atoms with Gasteiger partial charge >= 0.3 is 0 Å². The molecule has 0 aliphatic carbocycles. The molecule has 0 saturated carbocycles. The number of rotatable bonds is 3. The molecule has 2 aromatic rings. The van der Waals surface area contributed by atoms with E-state index in [9.17, 15) is 8.42 Å². The smallest absolute Gasteiger partial charge is 0.278 e. The van der Waals surface area contributed by atoms with E-state index in [0.29, 0.717) is 5.69 Å². The van der Waals surface area contributed by atoms with Crippen molar-refractivity contribution in [2.24, 2.45) is 0 Å². The Labute approximate surface area is 111 Å². The molecule has 1 aromatic heterocycles. The Hall–Kier alpha value is -0.670. The van der Waals surface area contributed by atoms with Crippen LogP contribution < -0.4 is 4.72 Å². The fourth-order valence-electron chi connectivity index (χ4n) is 1.09. The molecule has 0 atom stereocenters. The molecule has 84 valence electrons. The number of aromatic nitrogens is 1. The van der Waals surface area contributed by atoms with Crippen LogP contribution in [0.25, 0.3) is 0 Å². The maximum absolute atomic E-state index is 11.8. The van der Waals surface area contributed by atoms with E-state index in [1.54, 1.807) is 23.6 Å². The van der Waals surface area contributed by atoms with Crippen molar-refractivity contribution in [3.63, 3.8) is 0 Å². The second-order valence-corrected chi connectivity index (χ2v) is 6.91. The molecule has 1 heterocycles. The number of anilines is 1. The van der Waals surface area contributed by atoms with E-state index in [2.05, 4.69) is 32.3 Å². The first-order chi connectivity index (χ1) is 7.58. The van der Waals surface area contributed by atoms with Gasteiger partial charge in [-0.25, -0.2) is 4.98 Å². The maximum Gasteiger partial charge on any atom is 0.289 e. The van der Waals surface area contributed by atoms with Crippen molar-refractivity contribution in [2.75, 3.05) is 4.72 Å². The Balaban J connectivity index is 2.29. The largest absolute Gasteiger partial charge is 0.289 e. The summed E-state index contributed by atoms with van der Waals surface area (Å²) in [5.74, 6) is 0. The second-order valence-electron chi connectivity index (χ2n) is 2.91. The summed E-state index contributed by atoms with van der Waals surface area (Å²) in [5.41, 5.74) is 0.544. The van der Waals surface area contributed by atoms with Crippen LogP contribution in [0.1, 0.15) is 0 Å². The molecule has 2 rings (SSSR count). The molecule has 1 aromatic carbocycles. The van der Waals surface area contributed by atoms with Gasteiger partial charge in [-0.2, -0.15) is 8.42 Å². The van der Waals surface area contributed by atoms with Crippen LogP contribution in [0.3, 0.4) is 0 Å². The van der Waals surface area contributed by atoms with Crippen molar-refractivity contribution in [3.05, 3.63) is 39.4 Å². The van der Waals surface area contributed by atoms with Crippen LogP contribution in [0, 0.1) is 3.57 Å². The average Bonchev–Trinajstić information content (AvgIpc) is 2.69. The lowest BCUT2D eigenvalue weighted by Crippen LogP contribution is -2.12. The lowest BCUT2D eigenvalue weighted by molar-refractivity contribution is 0.600. The van der Waals surface area contributed by atoms with E-state index < -0.39 is 10.0 Å². The molecule has 7 heteroatoms. The van der Waals surface area contributed by atoms with Gasteiger partial charge in [0.05, 0.1) is 0 Å². The second kappa shape index (κ2) is 4.68. The molecule has 16 heavy (non-hydrogen) atoms. The van der Waals surface area contributed by atoms with Crippen molar-refractivity contribution < 1.29 is 8.42 Å². The van der Waals surface area contributed by atoms with Gasteiger partial charge in [0, 0.05) is 20.8 Å². The van der Waals surface area contributed by atoms with Crippen LogP contribution in [0.4, 0.5) is 5.69 Å². The summed E-state index contributed by atoms with van der Waals surface area (Å²) < 4.78 is 27.1. The first kappa shape index (κ1) is 11.8. The van der Waals surface area contributed by atoms with Crippen molar-refractivity contribution >= 4 is 49.6 Å². The molecule has 0 bridgehead atoms. The van der Waals surface area contributed by atoms with Crippen molar-refractivity contribution in [1.29, 1.82) is 0 Å². The quantitative estimate of drug-likeness (QED) is 0.850. The Bertz CT molecular complexity index is 581. The summed E-state index contributed by atoms with van der Waals surface area (Å²) >= 11 is 3.21. The van der Waals surface area contributed by atoms with Gasteiger partial charge in [0.15, 0.2) is 0 Å². The molecule has 0 spiro atoms. The monoisotopic (exact) mass is 366 g/mol. The summed E-state index contributed by atoms with van der Waals surface area (Å²) in [4.78, 5) is 3.77. The number of nitrogens with zero attached hydrogens (tertiary/aromatic N) is 1. The third kappa shape index (κ3) is 2.71. The highest BCUT2D eigenvalue weighted by atomic mass is 127. The zero-order valence-corrected chi connectivity index (χ0v) is 11.7. The number of thiazole rings is 1.